The molecule has 0 atom stereocenters. The lowest BCUT2D eigenvalue weighted by atomic mass is 10.2. The fraction of sp³-hybridized carbons (Fsp3) is 0.316. The molecule has 0 aliphatic carbocycles. The van der Waals surface area contributed by atoms with Gasteiger partial charge in [-0.15, -0.1) is 0 Å². The number of sulfonamides is 1. The van der Waals surface area contributed by atoms with Crippen molar-refractivity contribution in [2.75, 3.05) is 22.4 Å². The Morgan fingerprint density at radius 1 is 1.11 bits per heavy atom. The molecule has 2 aromatic rings. The predicted octanol–water partition coefficient (Wildman–Crippen LogP) is 4.80. The SMILES string of the molecule is Cc1ccc(NC(=O)CCCN(c2cccc(Cl)c2C)S(C)(=O)=O)cc1Cl. The second kappa shape index (κ2) is 8.95. The molecule has 0 heterocycles. The lowest BCUT2D eigenvalue weighted by Crippen LogP contribution is -2.32. The quantitative estimate of drug-likeness (QED) is 0.688. The Kier molecular flexibility index (Phi) is 7.14. The van der Waals surface area contributed by atoms with Gasteiger partial charge in [-0.2, -0.15) is 0 Å². The van der Waals surface area contributed by atoms with Gasteiger partial charge in [-0.3, -0.25) is 9.10 Å². The molecule has 0 spiro atoms. The van der Waals surface area contributed by atoms with Gasteiger partial charge in [-0.25, -0.2) is 8.42 Å². The van der Waals surface area contributed by atoms with Crippen LogP contribution in [0.3, 0.4) is 0 Å². The molecule has 1 N–H and O–H groups in total. The fourth-order valence-electron chi connectivity index (χ4n) is 2.61. The molecule has 0 aliphatic rings. The molecular formula is C19H22Cl2N2O3S. The molecule has 0 radical (unpaired) electrons. The monoisotopic (exact) mass is 428 g/mol. The standard InChI is InChI=1S/C19H22Cl2N2O3S/c1-13-9-10-15(12-17(13)21)22-19(24)8-5-11-23(27(3,25)26)18-7-4-6-16(20)14(18)2/h4,6-7,9-10,12H,5,8,11H2,1-3H3,(H,22,24). The Balaban J connectivity index is 2.02. The maximum atomic E-state index is 12.2. The molecule has 0 saturated carbocycles. The number of rotatable bonds is 7. The molecule has 0 saturated heterocycles. The lowest BCUT2D eigenvalue weighted by molar-refractivity contribution is -0.116. The van der Waals surface area contributed by atoms with Crippen molar-refractivity contribution < 1.29 is 13.2 Å². The first-order valence-electron chi connectivity index (χ1n) is 8.38. The molecule has 146 valence electrons. The van der Waals surface area contributed by atoms with Crippen LogP contribution in [0.5, 0.6) is 0 Å². The Hall–Kier alpha value is -1.76. The zero-order chi connectivity index (χ0) is 20.2. The molecule has 0 bridgehead atoms. The van der Waals surface area contributed by atoms with Gasteiger partial charge in [-0.1, -0.05) is 35.3 Å². The van der Waals surface area contributed by atoms with Crippen molar-refractivity contribution >= 4 is 50.5 Å². The highest BCUT2D eigenvalue weighted by Crippen LogP contribution is 2.28. The summed E-state index contributed by atoms with van der Waals surface area (Å²) >= 11 is 12.2. The molecular weight excluding hydrogens is 407 g/mol. The van der Waals surface area contributed by atoms with Crippen LogP contribution in [0.4, 0.5) is 11.4 Å². The number of nitrogens with one attached hydrogen (secondary N) is 1. The van der Waals surface area contributed by atoms with Gasteiger partial charge in [0.15, 0.2) is 0 Å². The molecule has 2 rings (SSSR count). The highest BCUT2D eigenvalue weighted by atomic mass is 35.5. The number of halogens is 2. The van der Waals surface area contributed by atoms with Gasteiger partial charge in [0, 0.05) is 28.7 Å². The molecule has 2 aromatic carbocycles. The van der Waals surface area contributed by atoms with Gasteiger partial charge >= 0.3 is 0 Å². The first kappa shape index (κ1) is 21.5. The minimum atomic E-state index is -3.50. The number of amides is 1. The van der Waals surface area contributed by atoms with Gasteiger partial charge in [0.25, 0.3) is 0 Å². The summed E-state index contributed by atoms with van der Waals surface area (Å²) in [5.41, 5.74) is 2.75. The maximum Gasteiger partial charge on any atom is 0.232 e. The van der Waals surface area contributed by atoms with Crippen LogP contribution >= 0.6 is 23.2 Å². The van der Waals surface area contributed by atoms with Crippen molar-refractivity contribution in [2.24, 2.45) is 0 Å². The van der Waals surface area contributed by atoms with Crippen LogP contribution in [-0.4, -0.2) is 27.1 Å². The second-order valence-corrected chi connectivity index (χ2v) is 9.06. The van der Waals surface area contributed by atoms with E-state index in [0.717, 1.165) is 11.8 Å². The zero-order valence-electron chi connectivity index (χ0n) is 15.4. The van der Waals surface area contributed by atoms with Gasteiger partial charge < -0.3 is 5.32 Å². The Bertz CT molecular complexity index is 946. The van der Waals surface area contributed by atoms with Crippen molar-refractivity contribution in [3.8, 4) is 0 Å². The first-order valence-corrected chi connectivity index (χ1v) is 11.0. The van der Waals surface area contributed by atoms with E-state index in [0.29, 0.717) is 33.4 Å². The number of aryl methyl sites for hydroxylation is 1. The fourth-order valence-corrected chi connectivity index (χ4v) is 3.97. The highest BCUT2D eigenvalue weighted by Gasteiger charge is 2.20. The summed E-state index contributed by atoms with van der Waals surface area (Å²) in [5.74, 6) is -0.203. The van der Waals surface area contributed by atoms with Gasteiger partial charge in [0.1, 0.15) is 0 Å². The van der Waals surface area contributed by atoms with Crippen molar-refractivity contribution in [3.63, 3.8) is 0 Å². The smallest absolute Gasteiger partial charge is 0.232 e. The summed E-state index contributed by atoms with van der Waals surface area (Å²) in [5, 5.41) is 3.84. The van der Waals surface area contributed by atoms with E-state index in [1.807, 2.05) is 13.0 Å². The topological polar surface area (TPSA) is 66.5 Å². The average Bonchev–Trinajstić information content (AvgIpc) is 2.57. The molecule has 0 aliphatic heterocycles. The van der Waals surface area contributed by atoms with E-state index in [1.54, 1.807) is 37.3 Å². The molecule has 8 heteroatoms. The number of nitrogens with zero attached hydrogens (tertiary/aromatic N) is 1. The van der Waals surface area contributed by atoms with Crippen LogP contribution in [0.25, 0.3) is 0 Å². The van der Waals surface area contributed by atoms with Crippen LogP contribution in [0.2, 0.25) is 10.0 Å². The lowest BCUT2D eigenvalue weighted by Gasteiger charge is -2.24. The zero-order valence-corrected chi connectivity index (χ0v) is 17.7. The summed E-state index contributed by atoms with van der Waals surface area (Å²) in [6.07, 6.45) is 1.68. The third-order valence-corrected chi connectivity index (χ3v) is 6.13. The maximum absolute atomic E-state index is 12.2. The van der Waals surface area contributed by atoms with Gasteiger partial charge in [0.05, 0.1) is 11.9 Å². The van der Waals surface area contributed by atoms with Gasteiger partial charge in [-0.05, 0) is 55.7 Å². The van der Waals surface area contributed by atoms with E-state index >= 15 is 0 Å². The normalized spacial score (nSPS) is 11.3. The Morgan fingerprint density at radius 2 is 1.81 bits per heavy atom. The number of hydrogen-bond donors (Lipinski definition) is 1. The van der Waals surface area contributed by atoms with Crippen molar-refractivity contribution in [3.05, 3.63) is 57.6 Å². The third kappa shape index (κ3) is 5.86. The molecule has 0 unspecified atom stereocenters. The summed E-state index contributed by atoms with van der Waals surface area (Å²) in [6, 6.07) is 10.4. The van der Waals surface area contributed by atoms with Crippen molar-refractivity contribution in [1.82, 2.24) is 0 Å². The van der Waals surface area contributed by atoms with Gasteiger partial charge in [0.2, 0.25) is 15.9 Å². The van der Waals surface area contributed by atoms with Crippen LogP contribution in [0.1, 0.15) is 24.0 Å². The molecule has 27 heavy (non-hydrogen) atoms. The molecule has 0 aromatic heterocycles. The van der Waals surface area contributed by atoms with E-state index in [-0.39, 0.29) is 18.9 Å². The average molecular weight is 429 g/mol. The van der Waals surface area contributed by atoms with Crippen LogP contribution < -0.4 is 9.62 Å². The van der Waals surface area contributed by atoms with E-state index < -0.39 is 10.0 Å². The van der Waals surface area contributed by atoms with Crippen LogP contribution in [0, 0.1) is 13.8 Å². The van der Waals surface area contributed by atoms with Crippen molar-refractivity contribution in [1.29, 1.82) is 0 Å². The second-order valence-electron chi connectivity index (χ2n) is 6.33. The number of anilines is 2. The summed E-state index contributed by atoms with van der Waals surface area (Å²) in [7, 11) is -3.50. The van der Waals surface area contributed by atoms with Crippen molar-refractivity contribution in [2.45, 2.75) is 26.7 Å². The summed E-state index contributed by atoms with van der Waals surface area (Å²) in [4.78, 5) is 12.2. The Labute approximate surface area is 170 Å². The highest BCUT2D eigenvalue weighted by molar-refractivity contribution is 7.92. The largest absolute Gasteiger partial charge is 0.326 e. The summed E-state index contributed by atoms with van der Waals surface area (Å²) in [6.45, 7) is 3.83. The minimum Gasteiger partial charge on any atom is -0.326 e. The number of benzene rings is 2. The van der Waals surface area contributed by atoms with E-state index in [9.17, 15) is 13.2 Å². The van der Waals surface area contributed by atoms with E-state index in [1.165, 1.54) is 4.31 Å². The molecule has 5 nitrogen and oxygen atoms in total. The predicted molar refractivity (Wildman–Crippen MR) is 112 cm³/mol. The van der Waals surface area contributed by atoms with Crippen LogP contribution in [-0.2, 0) is 14.8 Å². The minimum absolute atomic E-state index is 0.178. The third-order valence-electron chi connectivity index (χ3n) is 4.13. The Morgan fingerprint density at radius 3 is 2.44 bits per heavy atom. The first-order chi connectivity index (χ1) is 12.6. The number of carbonyl (C=O) groups excluding carboxylic acids is 1. The summed E-state index contributed by atoms with van der Waals surface area (Å²) < 4.78 is 25.7. The number of carbonyl (C=O) groups is 1. The molecule has 0 fully saturated rings. The molecule has 1 amide bonds. The van der Waals surface area contributed by atoms with Crippen LogP contribution in [0.15, 0.2) is 36.4 Å². The van der Waals surface area contributed by atoms with E-state index in [4.69, 9.17) is 23.2 Å². The van der Waals surface area contributed by atoms with E-state index in [2.05, 4.69) is 5.32 Å². The number of hydrogen-bond acceptors (Lipinski definition) is 3.